The molecule has 0 aliphatic carbocycles. The van der Waals surface area contributed by atoms with E-state index >= 15 is 0 Å². The van der Waals surface area contributed by atoms with Crippen molar-refractivity contribution in [1.29, 1.82) is 0 Å². The molecule has 5 nitrogen and oxygen atoms in total. The van der Waals surface area contributed by atoms with E-state index in [4.69, 9.17) is 11.6 Å². The number of nitrogens with one attached hydrogen (secondary N) is 1. The summed E-state index contributed by atoms with van der Waals surface area (Å²) in [6, 6.07) is 15.8. The third-order valence-electron chi connectivity index (χ3n) is 4.61. The molecular formula is C22H19ClF2N2O3S. The number of halogens is 3. The molecule has 0 saturated heterocycles. The summed E-state index contributed by atoms with van der Waals surface area (Å²) in [5, 5.41) is 2.48. The number of hydrogen-bond donors (Lipinski definition) is 1. The van der Waals surface area contributed by atoms with Gasteiger partial charge in [0.2, 0.25) is 15.9 Å². The van der Waals surface area contributed by atoms with Crippen molar-refractivity contribution in [3.63, 3.8) is 0 Å². The molecule has 3 rings (SSSR count). The number of sulfonamides is 1. The minimum absolute atomic E-state index is 0.0599. The van der Waals surface area contributed by atoms with Gasteiger partial charge in [-0.3, -0.25) is 4.79 Å². The van der Waals surface area contributed by atoms with E-state index in [9.17, 15) is 22.0 Å². The minimum atomic E-state index is -4.11. The van der Waals surface area contributed by atoms with E-state index in [1.165, 1.54) is 24.3 Å². The molecule has 31 heavy (non-hydrogen) atoms. The van der Waals surface area contributed by atoms with Crippen molar-refractivity contribution in [3.8, 4) is 0 Å². The molecule has 0 aliphatic heterocycles. The lowest BCUT2D eigenvalue weighted by Crippen LogP contribution is -2.38. The van der Waals surface area contributed by atoms with Crippen LogP contribution in [0.15, 0.2) is 71.6 Å². The van der Waals surface area contributed by atoms with Gasteiger partial charge >= 0.3 is 0 Å². The van der Waals surface area contributed by atoms with Crippen LogP contribution in [0.2, 0.25) is 5.02 Å². The Labute approximate surface area is 184 Å². The zero-order chi connectivity index (χ0) is 22.6. The molecule has 3 aromatic carbocycles. The second-order valence-electron chi connectivity index (χ2n) is 6.80. The molecule has 162 valence electrons. The third kappa shape index (κ3) is 5.46. The topological polar surface area (TPSA) is 66.5 Å². The Kier molecular flexibility index (Phi) is 7.04. The molecule has 0 unspecified atom stereocenters. The molecule has 0 heterocycles. The van der Waals surface area contributed by atoms with Gasteiger partial charge in [-0.15, -0.1) is 0 Å². The van der Waals surface area contributed by atoms with Crippen LogP contribution >= 0.6 is 11.6 Å². The number of para-hydroxylation sites is 1. The Morgan fingerprint density at radius 1 is 0.968 bits per heavy atom. The number of carbonyl (C=O) groups excluding carboxylic acids is 1. The zero-order valence-corrected chi connectivity index (χ0v) is 18.1. The predicted octanol–water partition coefficient (Wildman–Crippen LogP) is 4.76. The van der Waals surface area contributed by atoms with Crippen LogP contribution < -0.4 is 5.32 Å². The van der Waals surface area contributed by atoms with Crippen LogP contribution in [0.1, 0.15) is 11.1 Å². The number of benzene rings is 3. The number of carbonyl (C=O) groups is 1. The molecular weight excluding hydrogens is 446 g/mol. The third-order valence-corrected chi connectivity index (χ3v) is 6.66. The van der Waals surface area contributed by atoms with Gasteiger partial charge in [0.25, 0.3) is 0 Å². The van der Waals surface area contributed by atoms with Gasteiger partial charge in [0.15, 0.2) is 0 Å². The first-order chi connectivity index (χ1) is 14.7. The average Bonchev–Trinajstić information content (AvgIpc) is 2.72. The normalized spacial score (nSPS) is 11.5. The SMILES string of the molecule is Cc1ccccc1CN(CC(=O)Nc1c(F)cccc1F)S(=O)(=O)c1ccc(Cl)cc1. The standard InChI is InChI=1S/C22H19ClF2N2O3S/c1-15-5-2-3-6-16(15)13-27(31(29,30)18-11-9-17(23)10-12-18)14-21(28)26-22-19(24)7-4-8-20(22)25/h2-12H,13-14H2,1H3,(H,26,28). The van der Waals surface area contributed by atoms with Crippen molar-refractivity contribution in [2.24, 2.45) is 0 Å². The molecule has 0 bridgehead atoms. The fourth-order valence-corrected chi connectivity index (χ4v) is 4.42. The van der Waals surface area contributed by atoms with E-state index in [0.29, 0.717) is 10.6 Å². The van der Waals surface area contributed by atoms with Gasteiger partial charge in [0.05, 0.1) is 11.4 Å². The highest BCUT2D eigenvalue weighted by Gasteiger charge is 2.28. The first-order valence-electron chi connectivity index (χ1n) is 9.22. The molecule has 1 amide bonds. The summed E-state index contributed by atoms with van der Waals surface area (Å²) in [5.74, 6) is -2.80. The van der Waals surface area contributed by atoms with Crippen LogP contribution in [0, 0.1) is 18.6 Å². The van der Waals surface area contributed by atoms with Crippen molar-refractivity contribution in [2.75, 3.05) is 11.9 Å². The molecule has 0 fully saturated rings. The average molecular weight is 465 g/mol. The summed E-state index contributed by atoms with van der Waals surface area (Å²) in [7, 11) is -4.11. The highest BCUT2D eigenvalue weighted by Crippen LogP contribution is 2.23. The second kappa shape index (κ2) is 9.55. The summed E-state index contributed by atoms with van der Waals surface area (Å²) in [5.41, 5.74) is 0.886. The maximum absolute atomic E-state index is 13.9. The fourth-order valence-electron chi connectivity index (χ4n) is 2.92. The summed E-state index contributed by atoms with van der Waals surface area (Å²) in [6.45, 7) is 1.06. The molecule has 0 aliphatic rings. The highest BCUT2D eigenvalue weighted by molar-refractivity contribution is 7.89. The van der Waals surface area contributed by atoms with Gasteiger partial charge in [0, 0.05) is 11.6 Å². The fraction of sp³-hybridized carbons (Fsp3) is 0.136. The van der Waals surface area contributed by atoms with E-state index in [1.54, 1.807) is 12.1 Å². The van der Waals surface area contributed by atoms with Crippen LogP contribution in [0.25, 0.3) is 0 Å². The van der Waals surface area contributed by atoms with E-state index in [2.05, 4.69) is 5.32 Å². The Bertz CT molecular complexity index is 1180. The van der Waals surface area contributed by atoms with Gasteiger partial charge in [-0.2, -0.15) is 4.31 Å². The number of nitrogens with zero attached hydrogens (tertiary/aromatic N) is 1. The van der Waals surface area contributed by atoms with Crippen LogP contribution in [-0.2, 0) is 21.4 Å². The number of hydrogen-bond acceptors (Lipinski definition) is 3. The predicted molar refractivity (Wildman–Crippen MR) is 115 cm³/mol. The maximum atomic E-state index is 13.9. The Morgan fingerprint density at radius 2 is 1.58 bits per heavy atom. The number of rotatable bonds is 7. The van der Waals surface area contributed by atoms with Crippen LogP contribution in [0.3, 0.4) is 0 Å². The lowest BCUT2D eigenvalue weighted by Gasteiger charge is -2.23. The molecule has 0 spiro atoms. The first-order valence-corrected chi connectivity index (χ1v) is 11.0. The van der Waals surface area contributed by atoms with E-state index in [0.717, 1.165) is 28.1 Å². The summed E-state index contributed by atoms with van der Waals surface area (Å²) in [6.07, 6.45) is 0. The number of anilines is 1. The van der Waals surface area contributed by atoms with Crippen molar-refractivity contribution in [3.05, 3.63) is 94.5 Å². The minimum Gasteiger partial charge on any atom is -0.320 e. The van der Waals surface area contributed by atoms with Gasteiger partial charge < -0.3 is 5.32 Å². The quantitative estimate of drug-likeness (QED) is 0.548. The monoisotopic (exact) mass is 464 g/mol. The molecule has 0 aromatic heterocycles. The molecule has 9 heteroatoms. The summed E-state index contributed by atoms with van der Waals surface area (Å²) >= 11 is 5.85. The van der Waals surface area contributed by atoms with E-state index < -0.39 is 39.8 Å². The van der Waals surface area contributed by atoms with Crippen molar-refractivity contribution >= 4 is 33.2 Å². The highest BCUT2D eigenvalue weighted by atomic mass is 35.5. The van der Waals surface area contributed by atoms with Crippen LogP contribution in [-0.4, -0.2) is 25.2 Å². The largest absolute Gasteiger partial charge is 0.320 e. The summed E-state index contributed by atoms with van der Waals surface area (Å²) < 4.78 is 55.2. The second-order valence-corrected chi connectivity index (χ2v) is 9.17. The lowest BCUT2D eigenvalue weighted by molar-refractivity contribution is -0.116. The molecule has 3 aromatic rings. The van der Waals surface area contributed by atoms with Gasteiger partial charge in [-0.25, -0.2) is 17.2 Å². The smallest absolute Gasteiger partial charge is 0.243 e. The number of aryl methyl sites for hydroxylation is 1. The van der Waals surface area contributed by atoms with Gasteiger partial charge in [-0.05, 0) is 54.4 Å². The van der Waals surface area contributed by atoms with Crippen molar-refractivity contribution < 1.29 is 22.0 Å². The molecule has 0 atom stereocenters. The van der Waals surface area contributed by atoms with Gasteiger partial charge in [0.1, 0.15) is 17.3 Å². The number of amides is 1. The van der Waals surface area contributed by atoms with Gasteiger partial charge in [-0.1, -0.05) is 41.9 Å². The Morgan fingerprint density at radius 3 is 2.19 bits per heavy atom. The molecule has 0 saturated carbocycles. The van der Waals surface area contributed by atoms with E-state index in [-0.39, 0.29) is 11.4 Å². The van der Waals surface area contributed by atoms with E-state index in [1.807, 2.05) is 19.1 Å². The Hall–Kier alpha value is -2.81. The maximum Gasteiger partial charge on any atom is 0.243 e. The van der Waals surface area contributed by atoms with Crippen molar-refractivity contribution in [2.45, 2.75) is 18.4 Å². The first kappa shape index (κ1) is 22.9. The van der Waals surface area contributed by atoms with Crippen LogP contribution in [0.4, 0.5) is 14.5 Å². The Balaban J connectivity index is 1.92. The van der Waals surface area contributed by atoms with Crippen LogP contribution in [0.5, 0.6) is 0 Å². The molecule has 1 N–H and O–H groups in total. The summed E-state index contributed by atoms with van der Waals surface area (Å²) in [4.78, 5) is 12.5. The zero-order valence-electron chi connectivity index (χ0n) is 16.5. The lowest BCUT2D eigenvalue weighted by atomic mass is 10.1. The van der Waals surface area contributed by atoms with Crippen molar-refractivity contribution in [1.82, 2.24) is 4.31 Å². The molecule has 0 radical (unpaired) electrons.